The van der Waals surface area contributed by atoms with Gasteiger partial charge in [-0.05, 0) is 37.2 Å². The highest BCUT2D eigenvalue weighted by Crippen LogP contribution is 2.26. The molecule has 0 unspecified atom stereocenters. The summed E-state index contributed by atoms with van der Waals surface area (Å²) in [6, 6.07) is 7.15. The maximum absolute atomic E-state index is 12.6. The summed E-state index contributed by atoms with van der Waals surface area (Å²) in [5.74, 6) is -0.859. The highest BCUT2D eigenvalue weighted by Gasteiger charge is 2.37. The summed E-state index contributed by atoms with van der Waals surface area (Å²) in [4.78, 5) is 31.5. The van der Waals surface area contributed by atoms with Crippen LogP contribution in [0.2, 0.25) is 5.02 Å². The molecule has 2 heterocycles. The third-order valence-electron chi connectivity index (χ3n) is 5.30. The topological polar surface area (TPSA) is 55.9 Å². The number of halogens is 1. The van der Waals surface area contributed by atoms with E-state index in [2.05, 4.69) is 22.0 Å². The first-order chi connectivity index (χ1) is 12.6. The summed E-state index contributed by atoms with van der Waals surface area (Å²) in [6.45, 7) is 9.52. The zero-order chi connectivity index (χ0) is 18.5. The summed E-state index contributed by atoms with van der Waals surface area (Å²) < 4.78 is 0. The molecule has 2 fully saturated rings. The Bertz CT molecular complexity index is 629. The Hall–Kier alpha value is -1.63. The van der Waals surface area contributed by atoms with E-state index >= 15 is 0 Å². The van der Waals surface area contributed by atoms with Crippen LogP contribution in [-0.2, 0) is 9.59 Å². The maximum Gasteiger partial charge on any atom is 0.239 e. The number of rotatable bonds is 6. The van der Waals surface area contributed by atoms with Gasteiger partial charge in [0, 0.05) is 56.5 Å². The predicted octanol–water partition coefficient (Wildman–Crippen LogP) is 1.45. The molecular weight excluding hydrogens is 352 g/mol. The molecule has 2 amide bonds. The molecule has 1 N–H and O–H groups in total. The Morgan fingerprint density at radius 2 is 1.77 bits per heavy atom. The minimum atomic E-state index is -0.581. The maximum atomic E-state index is 12.6. The number of likely N-dealkylation sites (N-methyl/N-ethyl adjacent to an activating group) is 1. The number of hydrogen-bond acceptors (Lipinski definition) is 4. The molecule has 0 aromatic heterocycles. The Morgan fingerprint density at radius 3 is 2.42 bits per heavy atom. The Labute approximate surface area is 160 Å². The zero-order valence-corrected chi connectivity index (χ0v) is 16.0. The van der Waals surface area contributed by atoms with Crippen LogP contribution in [0.1, 0.15) is 13.3 Å². The molecule has 2 saturated heterocycles. The van der Waals surface area contributed by atoms with Crippen LogP contribution in [0.25, 0.3) is 0 Å². The Balaban J connectivity index is 1.44. The molecule has 7 heteroatoms. The fourth-order valence-corrected chi connectivity index (χ4v) is 3.72. The molecule has 1 atom stereocenters. The van der Waals surface area contributed by atoms with Crippen molar-refractivity contribution in [3.63, 3.8) is 0 Å². The number of amides is 2. The van der Waals surface area contributed by atoms with Crippen molar-refractivity contribution in [2.24, 2.45) is 5.92 Å². The Morgan fingerprint density at radius 1 is 1.12 bits per heavy atom. The minimum Gasteiger partial charge on any atom is -0.354 e. The van der Waals surface area contributed by atoms with E-state index in [1.165, 1.54) is 0 Å². The van der Waals surface area contributed by atoms with E-state index in [0.29, 0.717) is 24.5 Å². The molecule has 0 saturated carbocycles. The first kappa shape index (κ1) is 19.1. The summed E-state index contributed by atoms with van der Waals surface area (Å²) in [5.41, 5.74) is 0.795. The number of anilines is 1. The molecule has 1 aromatic carbocycles. The van der Waals surface area contributed by atoms with Gasteiger partial charge in [-0.3, -0.25) is 14.5 Å². The van der Waals surface area contributed by atoms with E-state index in [1.807, 2.05) is 12.1 Å². The van der Waals surface area contributed by atoms with Crippen LogP contribution in [0, 0.1) is 5.92 Å². The number of nitrogens with zero attached hydrogens (tertiary/aromatic N) is 3. The molecule has 0 radical (unpaired) electrons. The predicted molar refractivity (Wildman–Crippen MR) is 103 cm³/mol. The molecule has 2 aliphatic rings. The SMILES string of the molecule is CCN1CCN(CCNC(=O)[C@H]2CCN(c3ccc(Cl)cc3)C2=O)CC1. The van der Waals surface area contributed by atoms with Crippen molar-refractivity contribution in [2.45, 2.75) is 13.3 Å². The highest BCUT2D eigenvalue weighted by atomic mass is 35.5. The lowest BCUT2D eigenvalue weighted by atomic mass is 10.1. The van der Waals surface area contributed by atoms with Gasteiger partial charge in [0.25, 0.3) is 0 Å². The number of hydrogen-bond donors (Lipinski definition) is 1. The van der Waals surface area contributed by atoms with Crippen molar-refractivity contribution in [3.05, 3.63) is 29.3 Å². The van der Waals surface area contributed by atoms with Gasteiger partial charge in [-0.1, -0.05) is 18.5 Å². The van der Waals surface area contributed by atoms with Crippen LogP contribution in [0.5, 0.6) is 0 Å². The Kier molecular flexibility index (Phi) is 6.51. The molecule has 0 aliphatic carbocycles. The molecular formula is C19H27ClN4O2. The second-order valence-electron chi connectivity index (χ2n) is 6.87. The van der Waals surface area contributed by atoms with Crippen molar-refractivity contribution in [1.29, 1.82) is 0 Å². The van der Waals surface area contributed by atoms with Crippen molar-refractivity contribution in [2.75, 3.05) is 57.3 Å². The van der Waals surface area contributed by atoms with Crippen molar-refractivity contribution >= 4 is 29.1 Å². The fraction of sp³-hybridized carbons (Fsp3) is 0.579. The molecule has 0 spiro atoms. The smallest absolute Gasteiger partial charge is 0.239 e. The first-order valence-electron chi connectivity index (χ1n) is 9.38. The molecule has 3 rings (SSSR count). The van der Waals surface area contributed by atoms with Crippen LogP contribution in [0.4, 0.5) is 5.69 Å². The normalized spacial score (nSPS) is 22.0. The highest BCUT2D eigenvalue weighted by molar-refractivity contribution is 6.30. The number of piperazine rings is 1. The molecule has 1 aromatic rings. The van der Waals surface area contributed by atoms with Gasteiger partial charge in [0.1, 0.15) is 5.92 Å². The quantitative estimate of drug-likeness (QED) is 0.761. The van der Waals surface area contributed by atoms with E-state index in [0.717, 1.165) is 45.0 Å². The van der Waals surface area contributed by atoms with Crippen LogP contribution in [-0.4, -0.2) is 74.0 Å². The van der Waals surface area contributed by atoms with E-state index < -0.39 is 5.92 Å². The molecule has 142 valence electrons. The number of carbonyl (C=O) groups excluding carboxylic acids is 2. The lowest BCUT2D eigenvalue weighted by Gasteiger charge is -2.34. The van der Waals surface area contributed by atoms with Gasteiger partial charge in [-0.15, -0.1) is 0 Å². The molecule has 6 nitrogen and oxygen atoms in total. The average Bonchev–Trinajstić information content (AvgIpc) is 3.04. The standard InChI is InChI=1S/C19H27ClN4O2/c1-2-22-11-13-23(14-12-22)10-8-21-18(25)17-7-9-24(19(17)26)16-5-3-15(20)4-6-16/h3-6,17H,2,7-14H2,1H3,(H,21,25)/t17-/m1/s1. The third-order valence-corrected chi connectivity index (χ3v) is 5.55. The van der Waals surface area contributed by atoms with E-state index in [1.54, 1.807) is 17.0 Å². The fourth-order valence-electron chi connectivity index (χ4n) is 3.59. The number of benzene rings is 1. The van der Waals surface area contributed by atoms with Crippen LogP contribution >= 0.6 is 11.6 Å². The third kappa shape index (κ3) is 4.55. The summed E-state index contributed by atoms with van der Waals surface area (Å²) in [6.07, 6.45) is 0.558. The zero-order valence-electron chi connectivity index (χ0n) is 15.3. The number of nitrogens with one attached hydrogen (secondary N) is 1. The molecule has 0 bridgehead atoms. The van der Waals surface area contributed by atoms with Gasteiger partial charge in [0.2, 0.25) is 11.8 Å². The molecule has 26 heavy (non-hydrogen) atoms. The largest absolute Gasteiger partial charge is 0.354 e. The van der Waals surface area contributed by atoms with Gasteiger partial charge < -0.3 is 15.1 Å². The first-order valence-corrected chi connectivity index (χ1v) is 9.75. The summed E-state index contributed by atoms with van der Waals surface area (Å²) in [7, 11) is 0. The van der Waals surface area contributed by atoms with Crippen LogP contribution in [0.15, 0.2) is 24.3 Å². The summed E-state index contributed by atoms with van der Waals surface area (Å²) >= 11 is 5.90. The van der Waals surface area contributed by atoms with Gasteiger partial charge in [0.05, 0.1) is 0 Å². The summed E-state index contributed by atoms with van der Waals surface area (Å²) in [5, 5.41) is 3.58. The average molecular weight is 379 g/mol. The lowest BCUT2D eigenvalue weighted by Crippen LogP contribution is -2.48. The van der Waals surface area contributed by atoms with Gasteiger partial charge in [0.15, 0.2) is 0 Å². The second-order valence-corrected chi connectivity index (χ2v) is 7.31. The van der Waals surface area contributed by atoms with E-state index in [4.69, 9.17) is 11.6 Å². The number of carbonyl (C=O) groups is 2. The van der Waals surface area contributed by atoms with Crippen LogP contribution < -0.4 is 10.2 Å². The van der Waals surface area contributed by atoms with Crippen molar-refractivity contribution < 1.29 is 9.59 Å². The second kappa shape index (κ2) is 8.84. The minimum absolute atomic E-state index is 0.124. The molecule has 2 aliphatic heterocycles. The van der Waals surface area contributed by atoms with Gasteiger partial charge in [-0.2, -0.15) is 0 Å². The monoisotopic (exact) mass is 378 g/mol. The lowest BCUT2D eigenvalue weighted by molar-refractivity contribution is -0.132. The van der Waals surface area contributed by atoms with Gasteiger partial charge >= 0.3 is 0 Å². The van der Waals surface area contributed by atoms with Crippen molar-refractivity contribution in [3.8, 4) is 0 Å². The van der Waals surface area contributed by atoms with E-state index in [9.17, 15) is 9.59 Å². The van der Waals surface area contributed by atoms with Crippen molar-refractivity contribution in [1.82, 2.24) is 15.1 Å². The van der Waals surface area contributed by atoms with Crippen LogP contribution in [0.3, 0.4) is 0 Å². The van der Waals surface area contributed by atoms with E-state index in [-0.39, 0.29) is 11.8 Å². The van der Waals surface area contributed by atoms with Gasteiger partial charge in [-0.25, -0.2) is 0 Å².